The molecule has 21 heavy (non-hydrogen) atoms. The van der Waals surface area contributed by atoms with E-state index in [9.17, 15) is 14.3 Å². The van der Waals surface area contributed by atoms with E-state index >= 15 is 0 Å². The molecule has 1 atom stereocenters. The third-order valence-corrected chi connectivity index (χ3v) is 3.40. The molecule has 0 aliphatic heterocycles. The molecule has 4 nitrogen and oxygen atoms in total. The molecular weight excluding hydrogens is 271 g/mol. The van der Waals surface area contributed by atoms with E-state index < -0.39 is 5.95 Å². The van der Waals surface area contributed by atoms with Gasteiger partial charge in [-0.15, -0.1) is 0 Å². The summed E-state index contributed by atoms with van der Waals surface area (Å²) in [5.41, 5.74) is 1.08. The number of aromatic hydroxyl groups is 1. The van der Waals surface area contributed by atoms with Crippen molar-refractivity contribution in [3.05, 3.63) is 59.7 Å². The molecule has 1 amide bonds. The van der Waals surface area contributed by atoms with Crippen molar-refractivity contribution in [3.8, 4) is 5.75 Å². The number of aromatic nitrogens is 1. The van der Waals surface area contributed by atoms with Gasteiger partial charge in [0.1, 0.15) is 5.75 Å². The van der Waals surface area contributed by atoms with E-state index in [4.69, 9.17) is 0 Å². The summed E-state index contributed by atoms with van der Waals surface area (Å²) < 4.78 is 13.2. The highest BCUT2D eigenvalue weighted by Crippen LogP contribution is 2.24. The van der Waals surface area contributed by atoms with Crippen molar-refractivity contribution >= 4 is 5.91 Å². The molecule has 1 N–H and O–H groups in total. The normalized spacial score (nSPS) is 12.0. The van der Waals surface area contributed by atoms with E-state index in [1.54, 1.807) is 23.1 Å². The monoisotopic (exact) mass is 288 g/mol. The molecule has 0 radical (unpaired) electrons. The largest absolute Gasteiger partial charge is 0.508 e. The minimum absolute atomic E-state index is 0.151. The smallest absolute Gasteiger partial charge is 0.254 e. The van der Waals surface area contributed by atoms with E-state index in [0.717, 1.165) is 11.6 Å². The summed E-state index contributed by atoms with van der Waals surface area (Å²) in [6.45, 7) is 4.20. The Labute approximate surface area is 122 Å². The fourth-order valence-corrected chi connectivity index (χ4v) is 2.26. The molecule has 0 fully saturated rings. The molecule has 1 heterocycles. The van der Waals surface area contributed by atoms with Crippen molar-refractivity contribution in [2.75, 3.05) is 6.54 Å². The van der Waals surface area contributed by atoms with Crippen LogP contribution in [-0.4, -0.2) is 27.4 Å². The van der Waals surface area contributed by atoms with Crippen molar-refractivity contribution in [2.45, 2.75) is 19.9 Å². The molecule has 2 rings (SSSR count). The highest BCUT2D eigenvalue weighted by molar-refractivity contribution is 5.94. The molecule has 0 saturated carbocycles. The van der Waals surface area contributed by atoms with Crippen LogP contribution >= 0.6 is 0 Å². The van der Waals surface area contributed by atoms with Crippen molar-refractivity contribution in [1.82, 2.24) is 9.88 Å². The molecular formula is C16H17FN2O2. The number of carbonyl (C=O) groups is 1. The lowest BCUT2D eigenvalue weighted by Gasteiger charge is -2.28. The molecule has 0 spiro atoms. The van der Waals surface area contributed by atoms with E-state index in [1.807, 2.05) is 19.9 Å². The summed E-state index contributed by atoms with van der Waals surface area (Å²) in [4.78, 5) is 17.6. The Morgan fingerprint density at radius 2 is 2.14 bits per heavy atom. The summed E-state index contributed by atoms with van der Waals surface area (Å²) in [7, 11) is 0. The van der Waals surface area contributed by atoms with Gasteiger partial charge in [-0.25, -0.2) is 4.98 Å². The van der Waals surface area contributed by atoms with Gasteiger partial charge < -0.3 is 10.0 Å². The Hall–Kier alpha value is -2.43. The third kappa shape index (κ3) is 3.37. The first kappa shape index (κ1) is 15.0. The van der Waals surface area contributed by atoms with Gasteiger partial charge in [-0.05, 0) is 37.6 Å². The van der Waals surface area contributed by atoms with Gasteiger partial charge in [0.15, 0.2) is 0 Å². The Morgan fingerprint density at radius 1 is 1.38 bits per heavy atom. The zero-order chi connectivity index (χ0) is 15.4. The number of amides is 1. The van der Waals surface area contributed by atoms with Gasteiger partial charge in [-0.3, -0.25) is 4.79 Å². The molecule has 110 valence electrons. The Bertz CT molecular complexity index is 646. The second kappa shape index (κ2) is 6.35. The number of benzene rings is 1. The second-order valence-corrected chi connectivity index (χ2v) is 4.73. The van der Waals surface area contributed by atoms with E-state index in [2.05, 4.69) is 4.98 Å². The zero-order valence-electron chi connectivity index (χ0n) is 12.0. The van der Waals surface area contributed by atoms with Crippen molar-refractivity contribution in [2.24, 2.45) is 0 Å². The van der Waals surface area contributed by atoms with Crippen molar-refractivity contribution in [1.29, 1.82) is 0 Å². The lowest BCUT2D eigenvalue weighted by Crippen LogP contribution is -2.33. The first-order valence-electron chi connectivity index (χ1n) is 6.74. The molecule has 0 saturated heterocycles. The van der Waals surface area contributed by atoms with E-state index in [1.165, 1.54) is 12.3 Å². The van der Waals surface area contributed by atoms with Gasteiger partial charge in [-0.2, -0.15) is 4.39 Å². The number of hydrogen-bond acceptors (Lipinski definition) is 3. The standard InChI is InChI=1S/C16H17FN2O2/c1-3-19(11(2)12-5-4-6-14(20)9-12)16(21)13-7-8-18-15(17)10-13/h4-11,20H,3H2,1-2H3. The van der Waals surface area contributed by atoms with Crippen LogP contribution in [0.1, 0.15) is 35.8 Å². The van der Waals surface area contributed by atoms with Crippen molar-refractivity contribution < 1.29 is 14.3 Å². The number of phenols is 1. The summed E-state index contributed by atoms with van der Waals surface area (Å²) in [5, 5.41) is 9.55. The highest BCUT2D eigenvalue weighted by Gasteiger charge is 2.22. The highest BCUT2D eigenvalue weighted by atomic mass is 19.1. The van der Waals surface area contributed by atoms with Gasteiger partial charge in [0.25, 0.3) is 5.91 Å². The third-order valence-electron chi connectivity index (χ3n) is 3.40. The Kier molecular flexibility index (Phi) is 4.52. The molecule has 5 heteroatoms. The van der Waals surface area contributed by atoms with Crippen LogP contribution in [0, 0.1) is 5.95 Å². The number of phenolic OH excluding ortho intramolecular Hbond substituents is 1. The molecule has 1 aromatic carbocycles. The zero-order valence-corrected chi connectivity index (χ0v) is 12.0. The number of pyridine rings is 1. The summed E-state index contributed by atoms with van der Waals surface area (Å²) in [6, 6.07) is 9.15. The number of halogens is 1. The minimum Gasteiger partial charge on any atom is -0.508 e. The molecule has 1 unspecified atom stereocenters. The van der Waals surface area contributed by atoms with Crippen LogP contribution in [0.25, 0.3) is 0 Å². The fourth-order valence-electron chi connectivity index (χ4n) is 2.26. The predicted octanol–water partition coefficient (Wildman–Crippen LogP) is 3.15. The quantitative estimate of drug-likeness (QED) is 0.879. The fraction of sp³-hybridized carbons (Fsp3) is 0.250. The Morgan fingerprint density at radius 3 is 2.76 bits per heavy atom. The molecule has 1 aromatic heterocycles. The Balaban J connectivity index is 2.28. The van der Waals surface area contributed by atoms with Crippen molar-refractivity contribution in [3.63, 3.8) is 0 Å². The summed E-state index contributed by atoms with van der Waals surface area (Å²) in [5.74, 6) is -0.797. The van der Waals surface area contributed by atoms with Crippen LogP contribution in [0.5, 0.6) is 5.75 Å². The SMILES string of the molecule is CCN(C(=O)c1ccnc(F)c1)C(C)c1cccc(O)c1. The summed E-state index contributed by atoms with van der Waals surface area (Å²) in [6.07, 6.45) is 1.27. The van der Waals surface area contributed by atoms with Crippen LogP contribution in [0.15, 0.2) is 42.6 Å². The topological polar surface area (TPSA) is 53.4 Å². The maximum Gasteiger partial charge on any atom is 0.254 e. The number of nitrogens with zero attached hydrogens (tertiary/aromatic N) is 2. The van der Waals surface area contributed by atoms with Crippen LogP contribution in [0.4, 0.5) is 4.39 Å². The number of rotatable bonds is 4. The summed E-state index contributed by atoms with van der Waals surface area (Å²) >= 11 is 0. The van der Waals surface area contributed by atoms with Gasteiger partial charge in [0, 0.05) is 24.4 Å². The lowest BCUT2D eigenvalue weighted by atomic mass is 10.1. The van der Waals surface area contributed by atoms with Crippen LogP contribution in [0.2, 0.25) is 0 Å². The van der Waals surface area contributed by atoms with E-state index in [0.29, 0.717) is 6.54 Å². The van der Waals surface area contributed by atoms with Crippen LogP contribution < -0.4 is 0 Å². The average Bonchev–Trinajstić information content (AvgIpc) is 2.47. The minimum atomic E-state index is -0.679. The maximum absolute atomic E-state index is 13.2. The molecule has 0 aliphatic rings. The number of carbonyl (C=O) groups excluding carboxylic acids is 1. The van der Waals surface area contributed by atoms with Crippen LogP contribution in [0.3, 0.4) is 0 Å². The molecule has 0 bridgehead atoms. The first-order chi connectivity index (χ1) is 10.0. The van der Waals surface area contributed by atoms with Gasteiger partial charge in [0.2, 0.25) is 5.95 Å². The lowest BCUT2D eigenvalue weighted by molar-refractivity contribution is 0.0701. The van der Waals surface area contributed by atoms with Gasteiger partial charge in [-0.1, -0.05) is 12.1 Å². The van der Waals surface area contributed by atoms with E-state index in [-0.39, 0.29) is 23.3 Å². The molecule has 0 aliphatic carbocycles. The molecule has 2 aromatic rings. The van der Waals surface area contributed by atoms with Gasteiger partial charge >= 0.3 is 0 Å². The number of hydrogen-bond donors (Lipinski definition) is 1. The van der Waals surface area contributed by atoms with Gasteiger partial charge in [0.05, 0.1) is 6.04 Å². The first-order valence-corrected chi connectivity index (χ1v) is 6.74. The predicted molar refractivity (Wildman–Crippen MR) is 77.4 cm³/mol. The maximum atomic E-state index is 13.2. The van der Waals surface area contributed by atoms with Crippen LogP contribution in [-0.2, 0) is 0 Å². The second-order valence-electron chi connectivity index (χ2n) is 4.73. The average molecular weight is 288 g/mol.